The van der Waals surface area contributed by atoms with E-state index in [1.807, 2.05) is 6.92 Å². The fraction of sp³-hybridized carbons (Fsp3) is 0.348. The van der Waals surface area contributed by atoms with E-state index < -0.39 is 0 Å². The molecule has 0 saturated carbocycles. The van der Waals surface area contributed by atoms with Gasteiger partial charge >= 0.3 is 5.97 Å². The van der Waals surface area contributed by atoms with Gasteiger partial charge in [0.2, 0.25) is 0 Å². The summed E-state index contributed by atoms with van der Waals surface area (Å²) in [7, 11) is 0. The lowest BCUT2D eigenvalue weighted by Gasteiger charge is -2.06. The van der Waals surface area contributed by atoms with E-state index in [-0.39, 0.29) is 11.9 Å². The van der Waals surface area contributed by atoms with E-state index in [2.05, 4.69) is 17.2 Å². The summed E-state index contributed by atoms with van der Waals surface area (Å²) >= 11 is 1.32. The Labute approximate surface area is 180 Å². The minimum atomic E-state index is -0.342. The van der Waals surface area contributed by atoms with Crippen molar-refractivity contribution in [3.05, 3.63) is 53.6 Å². The Hall–Kier alpha value is -2.93. The van der Waals surface area contributed by atoms with Gasteiger partial charge in [-0.3, -0.25) is 10.1 Å². The molecule has 0 aliphatic heterocycles. The first-order chi connectivity index (χ1) is 14.6. The zero-order valence-electron chi connectivity index (χ0n) is 17.3. The van der Waals surface area contributed by atoms with E-state index >= 15 is 0 Å². The molecule has 0 radical (unpaired) electrons. The maximum absolute atomic E-state index is 12.5. The summed E-state index contributed by atoms with van der Waals surface area (Å²) in [6.45, 7) is 5.24. The Morgan fingerprint density at radius 3 is 2.40 bits per heavy atom. The number of anilines is 1. The molecule has 1 amide bonds. The Bertz CT molecular complexity index is 998. The van der Waals surface area contributed by atoms with Crippen LogP contribution in [-0.2, 0) is 4.74 Å². The van der Waals surface area contributed by atoms with Gasteiger partial charge in [0.1, 0.15) is 5.75 Å². The topological polar surface area (TPSA) is 77.5 Å². The van der Waals surface area contributed by atoms with Crippen LogP contribution in [0.3, 0.4) is 0 Å². The summed E-state index contributed by atoms with van der Waals surface area (Å²) in [5, 5.41) is 3.30. The molecule has 3 rings (SSSR count). The van der Waals surface area contributed by atoms with E-state index in [4.69, 9.17) is 9.47 Å². The van der Waals surface area contributed by atoms with Gasteiger partial charge < -0.3 is 9.47 Å². The second-order valence-electron chi connectivity index (χ2n) is 6.87. The van der Waals surface area contributed by atoms with Gasteiger partial charge in [-0.25, -0.2) is 9.78 Å². The third-order valence-electron chi connectivity index (χ3n) is 4.46. The summed E-state index contributed by atoms with van der Waals surface area (Å²) in [6, 6.07) is 12.3. The highest BCUT2D eigenvalue weighted by Gasteiger charge is 2.13. The number of rotatable bonds is 10. The van der Waals surface area contributed by atoms with Gasteiger partial charge in [0.15, 0.2) is 5.13 Å². The quantitative estimate of drug-likeness (QED) is 0.333. The lowest BCUT2D eigenvalue weighted by atomic mass is 10.2. The van der Waals surface area contributed by atoms with Crippen LogP contribution in [0.4, 0.5) is 5.13 Å². The number of carbonyl (C=O) groups is 2. The van der Waals surface area contributed by atoms with Gasteiger partial charge in [-0.15, -0.1) is 0 Å². The zero-order chi connectivity index (χ0) is 21.3. The molecule has 0 aliphatic rings. The molecule has 3 aromatic rings. The van der Waals surface area contributed by atoms with Crippen molar-refractivity contribution in [1.82, 2.24) is 4.98 Å². The number of benzene rings is 2. The highest BCUT2D eigenvalue weighted by atomic mass is 32.1. The van der Waals surface area contributed by atoms with Crippen LogP contribution in [0.1, 0.15) is 60.2 Å². The predicted molar refractivity (Wildman–Crippen MR) is 120 cm³/mol. The van der Waals surface area contributed by atoms with E-state index in [0.29, 0.717) is 29.5 Å². The maximum atomic E-state index is 12.5. The molecule has 158 valence electrons. The molecule has 1 heterocycles. The number of carbonyl (C=O) groups excluding carboxylic acids is 2. The number of aromatic nitrogens is 1. The third-order valence-corrected chi connectivity index (χ3v) is 5.39. The average Bonchev–Trinajstić information content (AvgIpc) is 3.16. The van der Waals surface area contributed by atoms with Crippen LogP contribution in [0.25, 0.3) is 10.2 Å². The number of amides is 1. The zero-order valence-corrected chi connectivity index (χ0v) is 18.1. The van der Waals surface area contributed by atoms with Crippen molar-refractivity contribution in [1.29, 1.82) is 0 Å². The molecule has 1 aromatic heterocycles. The molecule has 6 nitrogen and oxygen atoms in total. The fourth-order valence-electron chi connectivity index (χ4n) is 2.70. The second-order valence-corrected chi connectivity index (χ2v) is 7.90. The Kier molecular flexibility index (Phi) is 7.79. The van der Waals surface area contributed by atoms with Crippen LogP contribution >= 0.6 is 11.3 Å². The summed E-state index contributed by atoms with van der Waals surface area (Å²) in [4.78, 5) is 29.1. The number of unbranched alkanes of at least 4 members (excludes halogenated alkanes) is 2. The van der Waals surface area contributed by atoms with Crippen LogP contribution in [0.5, 0.6) is 5.75 Å². The van der Waals surface area contributed by atoms with Crippen molar-refractivity contribution in [3.8, 4) is 5.75 Å². The van der Waals surface area contributed by atoms with Crippen LogP contribution in [0.2, 0.25) is 0 Å². The molecule has 1 N–H and O–H groups in total. The summed E-state index contributed by atoms with van der Waals surface area (Å²) in [5.41, 5.74) is 1.73. The predicted octanol–water partition coefficient (Wildman–Crippen LogP) is 5.68. The van der Waals surface area contributed by atoms with Gasteiger partial charge in [-0.1, -0.05) is 38.0 Å². The van der Waals surface area contributed by atoms with Crippen LogP contribution < -0.4 is 10.1 Å². The Balaban J connectivity index is 1.64. The number of hydrogen-bond acceptors (Lipinski definition) is 6. The number of nitrogens with zero attached hydrogens (tertiary/aromatic N) is 1. The standard InChI is InChI=1S/C23H26N2O4S/c1-3-5-13-28-18-10-7-16(8-11-18)21(26)25-23-24-19-12-9-17(15-20(19)30-23)22(27)29-14-6-4-2/h7-12,15H,3-6,13-14H2,1-2H3,(H,24,25,26). The smallest absolute Gasteiger partial charge is 0.338 e. The first kappa shape index (κ1) is 21.8. The molecule has 0 atom stereocenters. The normalized spacial score (nSPS) is 10.7. The number of nitrogens with one attached hydrogen (secondary N) is 1. The second kappa shape index (κ2) is 10.7. The fourth-order valence-corrected chi connectivity index (χ4v) is 3.60. The van der Waals surface area contributed by atoms with Crippen molar-refractivity contribution >= 4 is 38.6 Å². The molecular formula is C23H26N2O4S. The van der Waals surface area contributed by atoms with E-state index in [0.717, 1.165) is 41.6 Å². The lowest BCUT2D eigenvalue weighted by Crippen LogP contribution is -2.11. The van der Waals surface area contributed by atoms with Crippen molar-refractivity contribution < 1.29 is 19.1 Å². The van der Waals surface area contributed by atoms with Crippen LogP contribution in [-0.4, -0.2) is 30.1 Å². The molecule has 0 bridgehead atoms. The molecule has 30 heavy (non-hydrogen) atoms. The van der Waals surface area contributed by atoms with Gasteiger partial charge in [-0.05, 0) is 55.3 Å². The van der Waals surface area contributed by atoms with Gasteiger partial charge in [0.25, 0.3) is 5.91 Å². The van der Waals surface area contributed by atoms with Gasteiger partial charge in [0.05, 0.1) is 29.0 Å². The van der Waals surface area contributed by atoms with Crippen molar-refractivity contribution in [2.75, 3.05) is 18.5 Å². The lowest BCUT2D eigenvalue weighted by molar-refractivity contribution is 0.0500. The summed E-state index contributed by atoms with van der Waals surface area (Å²) < 4.78 is 11.7. The van der Waals surface area contributed by atoms with Crippen molar-refractivity contribution in [2.45, 2.75) is 39.5 Å². The number of fused-ring (bicyclic) bond motifs is 1. The van der Waals surface area contributed by atoms with E-state index in [1.54, 1.807) is 42.5 Å². The first-order valence-electron chi connectivity index (χ1n) is 10.2. The minimum absolute atomic E-state index is 0.242. The molecule has 0 aliphatic carbocycles. The highest BCUT2D eigenvalue weighted by Crippen LogP contribution is 2.27. The molecule has 0 unspecified atom stereocenters. The number of esters is 1. The molecular weight excluding hydrogens is 400 g/mol. The van der Waals surface area contributed by atoms with Crippen LogP contribution in [0, 0.1) is 0 Å². The van der Waals surface area contributed by atoms with Crippen molar-refractivity contribution in [3.63, 3.8) is 0 Å². The molecule has 0 spiro atoms. The molecule has 7 heteroatoms. The highest BCUT2D eigenvalue weighted by molar-refractivity contribution is 7.22. The summed E-state index contributed by atoms with van der Waals surface area (Å²) in [6.07, 6.45) is 3.89. The number of ether oxygens (including phenoxy) is 2. The third kappa shape index (κ3) is 5.79. The summed E-state index contributed by atoms with van der Waals surface area (Å²) in [5.74, 6) is 0.164. The Morgan fingerprint density at radius 2 is 1.67 bits per heavy atom. The van der Waals surface area contributed by atoms with Gasteiger partial charge in [0, 0.05) is 5.56 Å². The monoisotopic (exact) mass is 426 g/mol. The minimum Gasteiger partial charge on any atom is -0.494 e. The van der Waals surface area contributed by atoms with Crippen LogP contribution in [0.15, 0.2) is 42.5 Å². The first-order valence-corrected chi connectivity index (χ1v) is 11.0. The molecule has 0 fully saturated rings. The van der Waals surface area contributed by atoms with E-state index in [1.165, 1.54) is 11.3 Å². The maximum Gasteiger partial charge on any atom is 0.338 e. The van der Waals surface area contributed by atoms with Gasteiger partial charge in [-0.2, -0.15) is 0 Å². The van der Waals surface area contributed by atoms with E-state index in [9.17, 15) is 9.59 Å². The largest absolute Gasteiger partial charge is 0.494 e. The molecule has 2 aromatic carbocycles. The molecule has 0 saturated heterocycles. The SMILES string of the molecule is CCCCOC(=O)c1ccc2nc(NC(=O)c3ccc(OCCCC)cc3)sc2c1. The Morgan fingerprint density at radius 1 is 0.967 bits per heavy atom. The number of thiazole rings is 1. The average molecular weight is 427 g/mol. The van der Waals surface area contributed by atoms with Crippen molar-refractivity contribution in [2.24, 2.45) is 0 Å². The number of hydrogen-bond donors (Lipinski definition) is 1.